The second-order valence-corrected chi connectivity index (χ2v) is 11.4. The summed E-state index contributed by atoms with van der Waals surface area (Å²) in [6.45, 7) is 1.99. The lowest BCUT2D eigenvalue weighted by Crippen LogP contribution is -2.31. The number of hydrogen-bond acceptors (Lipinski definition) is 4. The summed E-state index contributed by atoms with van der Waals surface area (Å²) in [6, 6.07) is 25.3. The van der Waals surface area contributed by atoms with Crippen LogP contribution in [0.1, 0.15) is 75.6 Å². The topological polar surface area (TPSA) is 74.3 Å². The Morgan fingerprint density at radius 3 is 2.55 bits per heavy atom. The second-order valence-electron chi connectivity index (χ2n) is 11.1. The Hall–Kier alpha value is -4.16. The molecule has 2 N–H and O–H groups in total. The van der Waals surface area contributed by atoms with Crippen molar-refractivity contribution in [2.45, 2.75) is 50.4 Å². The van der Waals surface area contributed by atoms with Gasteiger partial charge in [-0.15, -0.1) is 11.6 Å². The van der Waals surface area contributed by atoms with Gasteiger partial charge >= 0.3 is 0 Å². The van der Waals surface area contributed by atoms with Crippen molar-refractivity contribution in [2.75, 3.05) is 23.3 Å². The van der Waals surface area contributed by atoms with E-state index in [-0.39, 0.29) is 17.9 Å². The van der Waals surface area contributed by atoms with Gasteiger partial charge in [-0.05, 0) is 97.7 Å². The molecular weight excluding hydrogens is 544 g/mol. The Morgan fingerprint density at radius 1 is 0.857 bits per heavy atom. The molecule has 1 aromatic heterocycles. The summed E-state index contributed by atoms with van der Waals surface area (Å²) in [4.78, 5) is 33.8. The van der Waals surface area contributed by atoms with E-state index in [4.69, 9.17) is 11.6 Å². The van der Waals surface area contributed by atoms with E-state index >= 15 is 0 Å². The average Bonchev–Trinajstić information content (AvgIpc) is 3.05. The number of aromatic nitrogens is 1. The highest BCUT2D eigenvalue weighted by Gasteiger charge is 2.23. The molecule has 0 saturated carbocycles. The molecule has 1 saturated heterocycles. The van der Waals surface area contributed by atoms with Gasteiger partial charge in [0.2, 0.25) is 0 Å². The molecule has 2 amide bonds. The summed E-state index contributed by atoms with van der Waals surface area (Å²) in [5.41, 5.74) is 7.59. The van der Waals surface area contributed by atoms with Crippen molar-refractivity contribution < 1.29 is 9.59 Å². The smallest absolute Gasteiger partial charge is 0.255 e. The van der Waals surface area contributed by atoms with Gasteiger partial charge in [-0.1, -0.05) is 36.4 Å². The highest BCUT2D eigenvalue weighted by Crippen LogP contribution is 2.34. The van der Waals surface area contributed by atoms with E-state index in [2.05, 4.69) is 50.8 Å². The molecule has 1 atom stereocenters. The number of halogens is 1. The predicted molar refractivity (Wildman–Crippen MR) is 169 cm³/mol. The Labute approximate surface area is 252 Å². The molecule has 0 radical (unpaired) electrons. The normalized spacial score (nSPS) is 16.4. The lowest BCUT2D eigenvalue weighted by molar-refractivity contribution is 0.0932. The number of alkyl halides is 1. The number of nitrogens with zero attached hydrogens (tertiary/aromatic N) is 2. The van der Waals surface area contributed by atoms with Crippen molar-refractivity contribution in [3.63, 3.8) is 0 Å². The number of aryl methyl sites for hydroxylation is 1. The maximum absolute atomic E-state index is 13.5. The molecule has 42 heavy (non-hydrogen) atoms. The molecule has 1 aliphatic carbocycles. The number of benzene rings is 3. The zero-order valence-corrected chi connectivity index (χ0v) is 24.4. The second kappa shape index (κ2) is 12.8. The Kier molecular flexibility index (Phi) is 8.52. The van der Waals surface area contributed by atoms with Gasteiger partial charge in [-0.2, -0.15) is 0 Å². The van der Waals surface area contributed by atoms with E-state index in [0.29, 0.717) is 28.4 Å². The Morgan fingerprint density at radius 2 is 1.69 bits per heavy atom. The highest BCUT2D eigenvalue weighted by molar-refractivity contribution is 6.17. The highest BCUT2D eigenvalue weighted by atomic mass is 35.5. The van der Waals surface area contributed by atoms with Gasteiger partial charge in [0, 0.05) is 47.5 Å². The third-order valence-corrected chi connectivity index (χ3v) is 8.60. The van der Waals surface area contributed by atoms with Crippen molar-refractivity contribution in [1.29, 1.82) is 0 Å². The molecule has 3 aromatic carbocycles. The minimum absolute atomic E-state index is 0.0138. The quantitative estimate of drug-likeness (QED) is 0.222. The van der Waals surface area contributed by atoms with Crippen LogP contribution in [0.15, 0.2) is 85.1 Å². The molecule has 0 unspecified atom stereocenters. The van der Waals surface area contributed by atoms with Crippen LogP contribution in [-0.4, -0.2) is 29.9 Å². The third-order valence-electron chi connectivity index (χ3n) is 8.29. The Bertz CT molecular complexity index is 1600. The van der Waals surface area contributed by atoms with Gasteiger partial charge in [-0.25, -0.2) is 0 Å². The monoisotopic (exact) mass is 578 g/mol. The lowest BCUT2D eigenvalue weighted by atomic mass is 9.87. The van der Waals surface area contributed by atoms with Crippen molar-refractivity contribution in [3.05, 3.63) is 113 Å². The fraction of sp³-hybridized carbons (Fsp3) is 0.286. The fourth-order valence-corrected chi connectivity index (χ4v) is 6.22. The molecule has 2 aliphatic rings. The van der Waals surface area contributed by atoms with E-state index in [1.54, 1.807) is 24.4 Å². The van der Waals surface area contributed by atoms with Gasteiger partial charge in [0.05, 0.1) is 17.4 Å². The summed E-state index contributed by atoms with van der Waals surface area (Å²) in [5, 5.41) is 6.35. The molecular formula is C35H35ClN4O2. The number of pyridine rings is 1. The molecule has 2 heterocycles. The van der Waals surface area contributed by atoms with Crippen molar-refractivity contribution in [3.8, 4) is 11.3 Å². The molecule has 214 valence electrons. The molecule has 4 aromatic rings. The van der Waals surface area contributed by atoms with Crippen molar-refractivity contribution in [1.82, 2.24) is 10.3 Å². The van der Waals surface area contributed by atoms with Crippen LogP contribution >= 0.6 is 11.6 Å². The number of nitrogens with one attached hydrogen (secondary N) is 2. The fourth-order valence-electron chi connectivity index (χ4n) is 6.06. The minimum atomic E-state index is -0.223. The Balaban J connectivity index is 1.31. The number of rotatable bonds is 7. The van der Waals surface area contributed by atoms with E-state index < -0.39 is 0 Å². The largest absolute Gasteiger partial charge is 0.372 e. The van der Waals surface area contributed by atoms with Crippen LogP contribution in [-0.2, 0) is 12.3 Å². The number of fused-ring (bicyclic) bond motifs is 1. The van der Waals surface area contributed by atoms with Gasteiger partial charge in [0.1, 0.15) is 0 Å². The van der Waals surface area contributed by atoms with Gasteiger partial charge in [0.25, 0.3) is 11.8 Å². The number of carbonyl (C=O) groups is 2. The summed E-state index contributed by atoms with van der Waals surface area (Å²) in [6.07, 6.45) is 8.22. The van der Waals surface area contributed by atoms with Crippen LogP contribution < -0.4 is 15.5 Å². The first-order valence-electron chi connectivity index (χ1n) is 14.8. The van der Waals surface area contributed by atoms with Gasteiger partial charge in [-0.3, -0.25) is 14.6 Å². The molecule has 0 bridgehead atoms. The minimum Gasteiger partial charge on any atom is -0.372 e. The summed E-state index contributed by atoms with van der Waals surface area (Å²) < 4.78 is 0. The first kappa shape index (κ1) is 28.0. The van der Waals surface area contributed by atoms with Crippen LogP contribution in [0.4, 0.5) is 11.4 Å². The molecule has 1 aliphatic heterocycles. The third kappa shape index (κ3) is 6.19. The van der Waals surface area contributed by atoms with Crippen molar-refractivity contribution >= 4 is 34.8 Å². The van der Waals surface area contributed by atoms with E-state index in [0.717, 1.165) is 62.0 Å². The number of anilines is 2. The maximum atomic E-state index is 13.5. The number of hydrogen-bond donors (Lipinski definition) is 2. The number of piperidine rings is 1. The van der Waals surface area contributed by atoms with Crippen LogP contribution in [0.2, 0.25) is 0 Å². The van der Waals surface area contributed by atoms with Gasteiger partial charge in [0.15, 0.2) is 0 Å². The molecule has 6 nitrogen and oxygen atoms in total. The van der Waals surface area contributed by atoms with E-state index in [1.165, 1.54) is 17.5 Å². The van der Waals surface area contributed by atoms with Crippen molar-refractivity contribution in [2.24, 2.45) is 0 Å². The van der Waals surface area contributed by atoms with Gasteiger partial charge < -0.3 is 15.5 Å². The molecule has 1 fully saturated rings. The lowest BCUT2D eigenvalue weighted by Gasteiger charge is -2.29. The summed E-state index contributed by atoms with van der Waals surface area (Å²) >= 11 is 6.01. The van der Waals surface area contributed by atoms with Crippen LogP contribution in [0.5, 0.6) is 0 Å². The number of carbonyl (C=O) groups excluding carboxylic acids is 2. The first-order chi connectivity index (χ1) is 20.6. The van der Waals surface area contributed by atoms with Crippen LogP contribution in [0, 0.1) is 0 Å². The zero-order chi connectivity index (χ0) is 28.9. The van der Waals surface area contributed by atoms with Crippen LogP contribution in [0.3, 0.4) is 0 Å². The maximum Gasteiger partial charge on any atom is 0.255 e. The molecule has 0 spiro atoms. The van der Waals surface area contributed by atoms with E-state index in [9.17, 15) is 9.59 Å². The first-order valence-corrected chi connectivity index (χ1v) is 15.3. The average molecular weight is 579 g/mol. The summed E-state index contributed by atoms with van der Waals surface area (Å²) in [7, 11) is 0. The van der Waals surface area contributed by atoms with E-state index in [1.807, 2.05) is 30.3 Å². The SMILES string of the molecule is O=C(Nc1ccc(N2CCCCC2)cc1-c1cc(C(=O)N[C@H]2CCCc3ccccc32)ccn1)c1cccc(CCl)c1. The molecule has 7 heteroatoms. The van der Waals surface area contributed by atoms with Crippen LogP contribution in [0.25, 0.3) is 11.3 Å². The molecule has 6 rings (SSSR count). The summed E-state index contributed by atoms with van der Waals surface area (Å²) in [5.74, 6) is -0.0166. The standard InChI is InChI=1S/C35H35ClN4O2/c36-23-24-8-6-11-26(20-24)34(41)39-32-15-14-28(40-18-4-1-5-19-40)22-30(32)33-21-27(16-17-37-33)35(42)38-31-13-7-10-25-9-2-3-12-29(25)31/h2-3,6,8-9,11-12,14-17,20-22,31H,1,4-5,7,10,13,18-19,23H2,(H,38,42)(H,39,41)/t31-/m0/s1. The number of amides is 2. The zero-order valence-electron chi connectivity index (χ0n) is 23.6. The predicted octanol–water partition coefficient (Wildman–Crippen LogP) is 7.54.